The van der Waals surface area contributed by atoms with Gasteiger partial charge in [0.25, 0.3) is 0 Å². The van der Waals surface area contributed by atoms with E-state index in [9.17, 15) is 18.0 Å². The molecule has 0 saturated carbocycles. The highest BCUT2D eigenvalue weighted by molar-refractivity contribution is 7.92. The summed E-state index contributed by atoms with van der Waals surface area (Å²) in [7, 11) is -3.39. The van der Waals surface area contributed by atoms with E-state index in [0.29, 0.717) is 23.2 Å². The summed E-state index contributed by atoms with van der Waals surface area (Å²) in [6.07, 6.45) is 1.68. The first-order valence-corrected chi connectivity index (χ1v) is 10.8. The van der Waals surface area contributed by atoms with E-state index >= 15 is 0 Å². The van der Waals surface area contributed by atoms with Crippen LogP contribution in [0.3, 0.4) is 0 Å². The Labute approximate surface area is 165 Å². The number of sulfonamides is 1. The van der Waals surface area contributed by atoms with Crippen LogP contribution >= 0.6 is 0 Å². The number of ether oxygens (including phenoxy) is 1. The molecule has 0 spiro atoms. The Kier molecular flexibility index (Phi) is 5.30. The van der Waals surface area contributed by atoms with Crippen molar-refractivity contribution in [2.75, 3.05) is 17.2 Å². The van der Waals surface area contributed by atoms with Crippen molar-refractivity contribution < 1.29 is 22.7 Å². The van der Waals surface area contributed by atoms with Gasteiger partial charge in [0.05, 0.1) is 17.5 Å². The molecule has 1 atom stereocenters. The molecule has 0 radical (unpaired) electrons. The summed E-state index contributed by atoms with van der Waals surface area (Å²) in [5.74, 6) is -0.866. The van der Waals surface area contributed by atoms with E-state index < -0.39 is 16.0 Å². The predicted octanol–water partition coefficient (Wildman–Crippen LogP) is 3.05. The van der Waals surface area contributed by atoms with Crippen molar-refractivity contribution in [2.24, 2.45) is 0 Å². The van der Waals surface area contributed by atoms with Crippen LogP contribution in [0, 0.1) is 13.8 Å². The second-order valence-electron chi connectivity index (χ2n) is 7.27. The van der Waals surface area contributed by atoms with Gasteiger partial charge in [0.15, 0.2) is 6.61 Å². The second-order valence-corrected chi connectivity index (χ2v) is 9.13. The first-order valence-electron chi connectivity index (χ1n) is 8.98. The van der Waals surface area contributed by atoms with Crippen LogP contribution in [0.15, 0.2) is 36.4 Å². The van der Waals surface area contributed by atoms with Gasteiger partial charge in [0, 0.05) is 11.6 Å². The van der Waals surface area contributed by atoms with Crippen molar-refractivity contribution in [3.63, 3.8) is 0 Å². The minimum Gasteiger partial charge on any atom is -0.454 e. The fraction of sp³-hybridized carbons (Fsp3) is 0.333. The molecule has 1 heterocycles. The van der Waals surface area contributed by atoms with Gasteiger partial charge in [0.1, 0.15) is 0 Å². The van der Waals surface area contributed by atoms with Gasteiger partial charge in [-0.25, -0.2) is 13.2 Å². The maximum absolute atomic E-state index is 12.4. The zero-order valence-electron chi connectivity index (χ0n) is 16.4. The van der Waals surface area contributed by atoms with Crippen LogP contribution in [-0.2, 0) is 21.2 Å². The molecular formula is C21H23NO5S. The fourth-order valence-corrected chi connectivity index (χ4v) is 4.92. The van der Waals surface area contributed by atoms with Gasteiger partial charge in [-0.15, -0.1) is 0 Å². The van der Waals surface area contributed by atoms with Gasteiger partial charge in [-0.2, -0.15) is 0 Å². The maximum atomic E-state index is 12.4. The van der Waals surface area contributed by atoms with Crippen LogP contribution in [0.5, 0.6) is 0 Å². The quantitative estimate of drug-likeness (QED) is 0.568. The van der Waals surface area contributed by atoms with E-state index in [1.807, 2.05) is 32.9 Å². The smallest absolute Gasteiger partial charge is 0.338 e. The minimum absolute atomic E-state index is 0.206. The van der Waals surface area contributed by atoms with Crippen LogP contribution in [0.4, 0.5) is 5.69 Å². The Morgan fingerprint density at radius 1 is 1.14 bits per heavy atom. The summed E-state index contributed by atoms with van der Waals surface area (Å²) in [5.41, 5.74) is 4.08. The number of carbonyl (C=O) groups is 2. The lowest BCUT2D eigenvalue weighted by molar-refractivity contribution is 0.0474. The number of hydrogen-bond acceptors (Lipinski definition) is 5. The average Bonchev–Trinajstić information content (AvgIpc) is 2.94. The van der Waals surface area contributed by atoms with Gasteiger partial charge in [-0.3, -0.25) is 9.10 Å². The number of rotatable bonds is 5. The molecule has 0 saturated heterocycles. The van der Waals surface area contributed by atoms with Crippen LogP contribution in [0.25, 0.3) is 0 Å². The van der Waals surface area contributed by atoms with Crippen molar-refractivity contribution in [3.05, 3.63) is 64.2 Å². The normalized spacial score (nSPS) is 16.0. The molecule has 3 rings (SSSR count). The topological polar surface area (TPSA) is 80.8 Å². The molecule has 28 heavy (non-hydrogen) atoms. The number of esters is 1. The van der Waals surface area contributed by atoms with E-state index in [1.54, 1.807) is 18.2 Å². The molecule has 7 heteroatoms. The number of nitrogens with zero attached hydrogens (tertiary/aromatic N) is 1. The van der Waals surface area contributed by atoms with Crippen molar-refractivity contribution in [1.29, 1.82) is 0 Å². The monoisotopic (exact) mass is 401 g/mol. The Bertz CT molecular complexity index is 1060. The molecule has 0 amide bonds. The van der Waals surface area contributed by atoms with Gasteiger partial charge in [0.2, 0.25) is 15.8 Å². The molecule has 6 nitrogen and oxygen atoms in total. The minimum atomic E-state index is -3.39. The van der Waals surface area contributed by atoms with Gasteiger partial charge < -0.3 is 4.74 Å². The third-order valence-electron chi connectivity index (χ3n) is 4.84. The Hall–Kier alpha value is -2.67. The highest BCUT2D eigenvalue weighted by atomic mass is 32.2. The summed E-state index contributed by atoms with van der Waals surface area (Å²) in [6, 6.07) is 10.1. The number of hydrogen-bond donors (Lipinski definition) is 0. The van der Waals surface area contributed by atoms with Crippen molar-refractivity contribution in [3.8, 4) is 0 Å². The third-order valence-corrected chi connectivity index (χ3v) is 6.11. The summed E-state index contributed by atoms with van der Waals surface area (Å²) in [6.45, 7) is 5.27. The molecule has 1 aliphatic rings. The molecule has 0 bridgehead atoms. The van der Waals surface area contributed by atoms with E-state index in [-0.39, 0.29) is 18.4 Å². The lowest BCUT2D eigenvalue weighted by Gasteiger charge is -2.21. The zero-order valence-corrected chi connectivity index (χ0v) is 17.2. The largest absolute Gasteiger partial charge is 0.454 e. The van der Waals surface area contributed by atoms with Gasteiger partial charge >= 0.3 is 5.97 Å². The lowest BCUT2D eigenvalue weighted by atomic mass is 10.0. The number of carbonyl (C=O) groups excluding carboxylic acids is 2. The number of Topliss-reactive ketones (excluding diaryl/α,β-unsaturated/α-hetero) is 1. The molecule has 2 aromatic carbocycles. The molecule has 0 aromatic heterocycles. The predicted molar refractivity (Wildman–Crippen MR) is 107 cm³/mol. The maximum Gasteiger partial charge on any atom is 0.338 e. The first-order chi connectivity index (χ1) is 13.1. The van der Waals surface area contributed by atoms with Crippen molar-refractivity contribution in [1.82, 2.24) is 0 Å². The highest BCUT2D eigenvalue weighted by Gasteiger charge is 2.33. The van der Waals surface area contributed by atoms with Gasteiger partial charge in [-0.05, 0) is 56.5 Å². The Morgan fingerprint density at radius 3 is 2.50 bits per heavy atom. The third kappa shape index (κ3) is 3.94. The number of fused-ring (bicyclic) bond motifs is 1. The fourth-order valence-electron chi connectivity index (χ4n) is 3.65. The van der Waals surface area contributed by atoms with Crippen LogP contribution in [0.2, 0.25) is 0 Å². The number of benzene rings is 2. The average molecular weight is 401 g/mol. The standard InChI is InChI=1S/C21H23NO5S/c1-13-5-7-18(14(2)9-13)20(23)12-27-21(24)16-6-8-19-17(11-16)10-15(3)22(19)28(4,25)26/h5-9,11,15H,10,12H2,1-4H3/t15-/m1/s1. The zero-order chi connectivity index (χ0) is 20.6. The van der Waals surface area contributed by atoms with Crippen molar-refractivity contribution >= 4 is 27.5 Å². The number of aryl methyl sites for hydroxylation is 2. The van der Waals surface area contributed by atoms with Crippen LogP contribution < -0.4 is 4.31 Å². The molecule has 0 N–H and O–H groups in total. The van der Waals surface area contributed by atoms with E-state index in [0.717, 1.165) is 16.7 Å². The van der Waals surface area contributed by atoms with Crippen molar-refractivity contribution in [2.45, 2.75) is 33.2 Å². The summed E-state index contributed by atoms with van der Waals surface area (Å²) >= 11 is 0. The molecule has 2 aromatic rings. The Morgan fingerprint density at radius 2 is 1.86 bits per heavy atom. The molecule has 0 unspecified atom stereocenters. The number of anilines is 1. The Balaban J connectivity index is 1.72. The van der Waals surface area contributed by atoms with Crippen LogP contribution in [0.1, 0.15) is 44.3 Å². The van der Waals surface area contributed by atoms with Crippen LogP contribution in [-0.4, -0.2) is 39.1 Å². The summed E-state index contributed by atoms with van der Waals surface area (Å²) in [5, 5.41) is 0. The molecule has 148 valence electrons. The first kappa shape index (κ1) is 20.1. The van der Waals surface area contributed by atoms with E-state index in [2.05, 4.69) is 0 Å². The molecular weight excluding hydrogens is 378 g/mol. The summed E-state index contributed by atoms with van der Waals surface area (Å²) < 4.78 is 30.5. The van der Waals surface area contributed by atoms with E-state index in [1.165, 1.54) is 16.6 Å². The second kappa shape index (κ2) is 7.39. The SMILES string of the molecule is Cc1ccc(C(=O)COC(=O)c2ccc3c(c2)C[C@@H](C)N3S(C)(=O)=O)c(C)c1. The molecule has 0 aliphatic carbocycles. The molecule has 1 aliphatic heterocycles. The lowest BCUT2D eigenvalue weighted by Crippen LogP contribution is -2.34. The highest BCUT2D eigenvalue weighted by Crippen LogP contribution is 2.34. The summed E-state index contributed by atoms with van der Waals surface area (Å²) in [4.78, 5) is 24.7. The van der Waals surface area contributed by atoms with E-state index in [4.69, 9.17) is 4.74 Å². The number of ketones is 1. The molecule has 0 fully saturated rings. The van der Waals surface area contributed by atoms with Gasteiger partial charge in [-0.1, -0.05) is 23.8 Å².